The number of nitrogens with zero attached hydrogens (tertiary/aromatic N) is 6. The van der Waals surface area contributed by atoms with E-state index in [9.17, 15) is 13.2 Å². The summed E-state index contributed by atoms with van der Waals surface area (Å²) in [6.45, 7) is 3.62. The van der Waals surface area contributed by atoms with Gasteiger partial charge in [0.15, 0.2) is 0 Å². The van der Waals surface area contributed by atoms with Gasteiger partial charge in [0.1, 0.15) is 0 Å². The number of aromatic nitrogens is 4. The molecule has 0 radical (unpaired) electrons. The SMILES string of the molecule is FC(F)(F)c1nnc(N2CCN(Cc3ccn4nccc4c3)CC2)s1. The molecule has 1 aliphatic heterocycles. The van der Waals surface area contributed by atoms with Crippen LogP contribution in [0.4, 0.5) is 18.3 Å². The average Bonchev–Trinajstić information content (AvgIpc) is 3.24. The van der Waals surface area contributed by atoms with Crippen molar-refractivity contribution in [3.05, 3.63) is 41.2 Å². The van der Waals surface area contributed by atoms with Gasteiger partial charge < -0.3 is 4.90 Å². The van der Waals surface area contributed by atoms with Gasteiger partial charge in [-0.25, -0.2) is 4.52 Å². The number of piperazine rings is 1. The lowest BCUT2D eigenvalue weighted by atomic mass is 10.2. The van der Waals surface area contributed by atoms with E-state index in [1.807, 2.05) is 27.7 Å². The van der Waals surface area contributed by atoms with Crippen molar-refractivity contribution in [3.63, 3.8) is 0 Å². The summed E-state index contributed by atoms with van der Waals surface area (Å²) >= 11 is 0.604. The van der Waals surface area contributed by atoms with Crippen LogP contribution in [-0.2, 0) is 12.7 Å². The van der Waals surface area contributed by atoms with Crippen LogP contribution < -0.4 is 4.90 Å². The fourth-order valence-electron chi connectivity index (χ4n) is 2.88. The second kappa shape index (κ2) is 6.26. The van der Waals surface area contributed by atoms with Gasteiger partial charge in [-0.3, -0.25) is 4.90 Å². The number of hydrogen-bond acceptors (Lipinski definition) is 6. The number of pyridine rings is 1. The smallest absolute Gasteiger partial charge is 0.344 e. The summed E-state index contributed by atoms with van der Waals surface area (Å²) in [4.78, 5) is 4.15. The highest BCUT2D eigenvalue weighted by Gasteiger charge is 2.36. The molecule has 1 fully saturated rings. The van der Waals surface area contributed by atoms with Gasteiger partial charge in [-0.1, -0.05) is 11.3 Å². The molecule has 3 aromatic rings. The molecule has 0 spiro atoms. The van der Waals surface area contributed by atoms with Gasteiger partial charge in [0.25, 0.3) is 0 Å². The number of fused-ring (bicyclic) bond motifs is 1. The molecule has 6 nitrogen and oxygen atoms in total. The molecular weight excluding hydrogens is 353 g/mol. The summed E-state index contributed by atoms with van der Waals surface area (Å²) in [7, 11) is 0. The van der Waals surface area contributed by atoms with Crippen LogP contribution >= 0.6 is 11.3 Å². The third-order valence-electron chi connectivity index (χ3n) is 4.17. The van der Waals surface area contributed by atoms with E-state index in [0.29, 0.717) is 29.6 Å². The lowest BCUT2D eigenvalue weighted by Gasteiger charge is -2.34. The first-order valence-electron chi connectivity index (χ1n) is 7.79. The van der Waals surface area contributed by atoms with Crippen LogP contribution in [0.3, 0.4) is 0 Å². The summed E-state index contributed by atoms with van der Waals surface area (Å²) in [5.74, 6) is 0. The van der Waals surface area contributed by atoms with E-state index in [0.717, 1.165) is 25.2 Å². The van der Waals surface area contributed by atoms with E-state index in [2.05, 4.69) is 26.3 Å². The number of rotatable bonds is 3. The van der Waals surface area contributed by atoms with Crippen LogP contribution in [0.5, 0.6) is 0 Å². The normalized spacial score (nSPS) is 16.7. The van der Waals surface area contributed by atoms with Crippen molar-refractivity contribution in [1.82, 2.24) is 24.7 Å². The number of anilines is 1. The number of halogens is 3. The quantitative estimate of drug-likeness (QED) is 0.711. The Balaban J connectivity index is 1.37. The molecule has 1 saturated heterocycles. The van der Waals surface area contributed by atoms with E-state index < -0.39 is 11.2 Å². The molecule has 0 aliphatic carbocycles. The minimum Gasteiger partial charge on any atom is -0.344 e. The van der Waals surface area contributed by atoms with E-state index in [-0.39, 0.29) is 0 Å². The molecule has 0 N–H and O–H groups in total. The average molecular weight is 368 g/mol. The maximum Gasteiger partial charge on any atom is 0.445 e. The Bertz CT molecular complexity index is 865. The minimum absolute atomic E-state index is 0.340. The molecular formula is C15H15F3N6S. The molecule has 4 rings (SSSR count). The van der Waals surface area contributed by atoms with Gasteiger partial charge in [0.2, 0.25) is 10.1 Å². The van der Waals surface area contributed by atoms with Gasteiger partial charge in [-0.15, -0.1) is 10.2 Å². The molecule has 0 atom stereocenters. The Labute approximate surface area is 145 Å². The first kappa shape index (κ1) is 16.3. The third kappa shape index (κ3) is 3.45. The van der Waals surface area contributed by atoms with Crippen molar-refractivity contribution < 1.29 is 13.2 Å². The van der Waals surface area contributed by atoms with Crippen LogP contribution in [0.15, 0.2) is 30.6 Å². The number of hydrogen-bond donors (Lipinski definition) is 0. The first-order valence-corrected chi connectivity index (χ1v) is 8.61. The molecule has 0 unspecified atom stereocenters. The molecule has 0 amide bonds. The fraction of sp³-hybridized carbons (Fsp3) is 0.400. The van der Waals surface area contributed by atoms with Gasteiger partial charge in [-0.05, 0) is 23.8 Å². The molecule has 25 heavy (non-hydrogen) atoms. The summed E-state index contributed by atoms with van der Waals surface area (Å²) in [6, 6.07) is 6.08. The molecule has 10 heteroatoms. The minimum atomic E-state index is -4.43. The van der Waals surface area contributed by atoms with Gasteiger partial charge >= 0.3 is 6.18 Å². The molecule has 3 aromatic heterocycles. The van der Waals surface area contributed by atoms with Crippen molar-refractivity contribution in [2.45, 2.75) is 12.7 Å². The Hall–Kier alpha value is -2.20. The van der Waals surface area contributed by atoms with Crippen LogP contribution in [0.2, 0.25) is 0 Å². The molecule has 1 aliphatic rings. The molecule has 4 heterocycles. The zero-order valence-corrected chi connectivity index (χ0v) is 14.0. The maximum absolute atomic E-state index is 12.6. The summed E-state index contributed by atoms with van der Waals surface area (Å²) < 4.78 is 39.7. The Morgan fingerprint density at radius 1 is 1.08 bits per heavy atom. The lowest BCUT2D eigenvalue weighted by Crippen LogP contribution is -2.45. The second-order valence-corrected chi connectivity index (χ2v) is 6.84. The largest absolute Gasteiger partial charge is 0.445 e. The lowest BCUT2D eigenvalue weighted by molar-refractivity contribution is -0.138. The van der Waals surface area contributed by atoms with Crippen LogP contribution in [0.1, 0.15) is 10.6 Å². The molecule has 132 valence electrons. The van der Waals surface area contributed by atoms with Crippen molar-refractivity contribution in [1.29, 1.82) is 0 Å². The molecule has 0 saturated carbocycles. The molecule has 0 bridgehead atoms. The van der Waals surface area contributed by atoms with Gasteiger partial charge in [0, 0.05) is 45.1 Å². The van der Waals surface area contributed by atoms with Crippen molar-refractivity contribution in [2.75, 3.05) is 31.1 Å². The highest BCUT2D eigenvalue weighted by molar-refractivity contribution is 7.15. The highest BCUT2D eigenvalue weighted by Crippen LogP contribution is 2.34. The zero-order valence-electron chi connectivity index (χ0n) is 13.1. The first-order chi connectivity index (χ1) is 12.0. The topological polar surface area (TPSA) is 49.6 Å². The number of alkyl halides is 3. The molecule has 0 aromatic carbocycles. The highest BCUT2D eigenvalue weighted by atomic mass is 32.1. The zero-order chi connectivity index (χ0) is 17.4. The monoisotopic (exact) mass is 368 g/mol. The van der Waals surface area contributed by atoms with Crippen molar-refractivity contribution in [2.24, 2.45) is 0 Å². The Kier molecular flexibility index (Phi) is 4.08. The van der Waals surface area contributed by atoms with Crippen LogP contribution in [0.25, 0.3) is 5.52 Å². The fourth-order valence-corrected chi connectivity index (χ4v) is 3.64. The van der Waals surface area contributed by atoms with E-state index in [1.165, 1.54) is 5.56 Å². The predicted octanol–water partition coefficient (Wildman–Crippen LogP) is 2.53. The van der Waals surface area contributed by atoms with Gasteiger partial charge in [-0.2, -0.15) is 18.3 Å². The van der Waals surface area contributed by atoms with Crippen LogP contribution in [-0.4, -0.2) is 50.9 Å². The maximum atomic E-state index is 12.6. The summed E-state index contributed by atoms with van der Waals surface area (Å²) in [6.07, 6.45) is -0.736. The Morgan fingerprint density at radius 3 is 2.60 bits per heavy atom. The summed E-state index contributed by atoms with van der Waals surface area (Å²) in [5.41, 5.74) is 2.24. The van der Waals surface area contributed by atoms with E-state index in [1.54, 1.807) is 6.20 Å². The van der Waals surface area contributed by atoms with E-state index >= 15 is 0 Å². The predicted molar refractivity (Wildman–Crippen MR) is 87.6 cm³/mol. The van der Waals surface area contributed by atoms with Crippen molar-refractivity contribution in [3.8, 4) is 0 Å². The standard InChI is InChI=1S/C15H15F3N6S/c16-15(17,18)13-20-21-14(25-13)23-7-5-22(6-8-23)10-11-2-4-24-12(9-11)1-3-19-24/h1-4,9H,5-8,10H2. The third-order valence-corrected chi connectivity index (χ3v) is 5.20. The second-order valence-electron chi connectivity index (χ2n) is 5.89. The van der Waals surface area contributed by atoms with Crippen molar-refractivity contribution >= 4 is 22.0 Å². The Morgan fingerprint density at radius 2 is 1.88 bits per heavy atom. The summed E-state index contributed by atoms with van der Waals surface area (Å²) in [5, 5.41) is 10.6. The van der Waals surface area contributed by atoms with Gasteiger partial charge in [0.05, 0.1) is 5.52 Å². The van der Waals surface area contributed by atoms with Crippen LogP contribution in [0, 0.1) is 0 Å². The van der Waals surface area contributed by atoms with E-state index in [4.69, 9.17) is 0 Å².